The van der Waals surface area contributed by atoms with Crippen LogP contribution in [-0.2, 0) is 9.16 Å². The molecule has 1 heterocycles. The second-order valence-corrected chi connectivity index (χ2v) is 15.4. The number of hydrogen-bond donors (Lipinski definition) is 0. The van der Waals surface area contributed by atoms with Crippen LogP contribution in [0.5, 0.6) is 0 Å². The van der Waals surface area contributed by atoms with E-state index in [0.29, 0.717) is 5.92 Å². The highest BCUT2D eigenvalue weighted by molar-refractivity contribution is 6.74. The molecular weight excluding hydrogens is 359 g/mol. The molecule has 130 valence electrons. The first-order valence-electron chi connectivity index (χ1n) is 8.33. The Morgan fingerprint density at radius 2 is 1.59 bits per heavy atom. The molecule has 1 saturated carbocycles. The second kappa shape index (κ2) is 6.72. The van der Waals surface area contributed by atoms with E-state index in [-0.39, 0.29) is 17.2 Å². The van der Waals surface area contributed by atoms with Gasteiger partial charge in [0.2, 0.25) is 3.79 Å². The van der Waals surface area contributed by atoms with E-state index in [1.54, 1.807) is 0 Å². The monoisotopic (exact) mass is 386 g/mol. The maximum absolute atomic E-state index is 6.43. The van der Waals surface area contributed by atoms with Gasteiger partial charge in [-0.1, -0.05) is 74.8 Å². The summed E-state index contributed by atoms with van der Waals surface area (Å²) in [6.45, 7) is 11.0. The maximum atomic E-state index is 6.43. The van der Waals surface area contributed by atoms with Gasteiger partial charge in [-0.2, -0.15) is 0 Å². The smallest absolute Gasteiger partial charge is 0.217 e. The molecule has 0 amide bonds. The molecule has 0 aromatic carbocycles. The summed E-state index contributed by atoms with van der Waals surface area (Å²) in [6, 6.07) is 0. The van der Waals surface area contributed by atoms with Crippen molar-refractivity contribution in [3.63, 3.8) is 0 Å². The highest BCUT2D eigenvalue weighted by Crippen LogP contribution is 2.49. The SMILES string of the molecule is CC(C)(C)[Si](C)(C)O[C@H]([C@@H]1O[C@H]1C1CCCCC1)C(Cl)(Cl)Cl. The van der Waals surface area contributed by atoms with Gasteiger partial charge in [-0.15, -0.1) is 0 Å². The third kappa shape index (κ3) is 4.55. The largest absolute Gasteiger partial charge is 0.407 e. The van der Waals surface area contributed by atoms with Crippen LogP contribution in [-0.4, -0.2) is 30.4 Å². The molecule has 1 aliphatic heterocycles. The molecule has 0 radical (unpaired) electrons. The zero-order valence-electron chi connectivity index (χ0n) is 14.3. The fourth-order valence-electron chi connectivity index (χ4n) is 3.04. The third-order valence-corrected chi connectivity index (χ3v) is 10.6. The molecule has 0 N–H and O–H groups in total. The summed E-state index contributed by atoms with van der Waals surface area (Å²) in [5.74, 6) is 0.608. The summed E-state index contributed by atoms with van der Waals surface area (Å²) in [4.78, 5) is 0. The normalized spacial score (nSPS) is 29.5. The van der Waals surface area contributed by atoms with E-state index in [4.69, 9.17) is 44.0 Å². The maximum Gasteiger partial charge on any atom is 0.217 e. The number of hydrogen-bond acceptors (Lipinski definition) is 2. The van der Waals surface area contributed by atoms with Crippen LogP contribution in [0.1, 0.15) is 52.9 Å². The average Bonchev–Trinajstić information content (AvgIpc) is 3.14. The predicted molar refractivity (Wildman–Crippen MR) is 97.6 cm³/mol. The molecule has 0 aromatic heterocycles. The molecule has 6 heteroatoms. The molecule has 0 bridgehead atoms. The lowest BCUT2D eigenvalue weighted by molar-refractivity contribution is 0.145. The topological polar surface area (TPSA) is 21.8 Å². The van der Waals surface area contributed by atoms with Gasteiger partial charge in [-0.3, -0.25) is 0 Å². The van der Waals surface area contributed by atoms with E-state index >= 15 is 0 Å². The minimum absolute atomic E-state index is 0.0651. The van der Waals surface area contributed by atoms with Crippen LogP contribution in [0, 0.1) is 5.92 Å². The van der Waals surface area contributed by atoms with Gasteiger partial charge >= 0.3 is 0 Å². The minimum atomic E-state index is -2.01. The van der Waals surface area contributed by atoms with Crippen LogP contribution in [0.4, 0.5) is 0 Å². The first-order chi connectivity index (χ1) is 9.93. The lowest BCUT2D eigenvalue weighted by atomic mass is 9.85. The van der Waals surface area contributed by atoms with Crippen LogP contribution in [0.3, 0.4) is 0 Å². The quantitative estimate of drug-likeness (QED) is 0.330. The van der Waals surface area contributed by atoms with Crippen LogP contribution in [0.2, 0.25) is 18.1 Å². The third-order valence-electron chi connectivity index (χ3n) is 5.52. The first kappa shape index (κ1) is 19.3. The van der Waals surface area contributed by atoms with Crippen molar-refractivity contribution in [3.8, 4) is 0 Å². The number of ether oxygens (including phenoxy) is 1. The van der Waals surface area contributed by atoms with Gasteiger partial charge in [-0.05, 0) is 36.9 Å². The van der Waals surface area contributed by atoms with E-state index in [9.17, 15) is 0 Å². The number of halogens is 3. The van der Waals surface area contributed by atoms with E-state index in [2.05, 4.69) is 33.9 Å². The molecule has 22 heavy (non-hydrogen) atoms. The molecule has 0 spiro atoms. The van der Waals surface area contributed by atoms with Gasteiger partial charge in [0, 0.05) is 0 Å². The van der Waals surface area contributed by atoms with E-state index in [0.717, 1.165) is 0 Å². The molecule has 2 aliphatic rings. The average molecular weight is 388 g/mol. The molecule has 1 aliphatic carbocycles. The molecule has 0 aromatic rings. The van der Waals surface area contributed by atoms with E-state index in [1.165, 1.54) is 32.1 Å². The zero-order valence-corrected chi connectivity index (χ0v) is 17.6. The van der Waals surface area contributed by atoms with Gasteiger partial charge in [-0.25, -0.2) is 0 Å². The zero-order chi connectivity index (χ0) is 16.8. The summed E-state index contributed by atoms with van der Waals surface area (Å²) < 4.78 is 10.9. The Bertz CT molecular complexity index is 384. The molecule has 3 atom stereocenters. The van der Waals surface area contributed by atoms with Gasteiger partial charge in [0.25, 0.3) is 0 Å². The Balaban J connectivity index is 2.06. The van der Waals surface area contributed by atoms with Crippen molar-refractivity contribution < 1.29 is 9.16 Å². The lowest BCUT2D eigenvalue weighted by Crippen LogP contribution is -2.49. The Morgan fingerprint density at radius 1 is 1.05 bits per heavy atom. The van der Waals surface area contributed by atoms with E-state index in [1.807, 2.05) is 0 Å². The highest BCUT2D eigenvalue weighted by atomic mass is 35.6. The molecule has 2 rings (SSSR count). The van der Waals surface area contributed by atoms with Crippen molar-refractivity contribution in [2.45, 2.75) is 93.1 Å². The highest BCUT2D eigenvalue weighted by Gasteiger charge is 2.58. The van der Waals surface area contributed by atoms with Crippen LogP contribution in [0.25, 0.3) is 0 Å². The molecule has 2 nitrogen and oxygen atoms in total. The summed E-state index contributed by atoms with van der Waals surface area (Å²) in [5, 5.41) is 0.0798. The Hall–Kier alpha value is 1.01. The van der Waals surface area contributed by atoms with Gasteiger partial charge in [0.1, 0.15) is 12.2 Å². The van der Waals surface area contributed by atoms with Crippen molar-refractivity contribution in [1.82, 2.24) is 0 Å². The lowest BCUT2D eigenvalue weighted by Gasteiger charge is -2.40. The van der Waals surface area contributed by atoms with Gasteiger partial charge in [0.15, 0.2) is 8.32 Å². The minimum Gasteiger partial charge on any atom is -0.407 e. The summed E-state index contributed by atoms with van der Waals surface area (Å²) in [6.07, 6.45) is 6.06. The molecular formula is C16H29Cl3O2Si. The second-order valence-electron chi connectivity index (χ2n) is 8.30. The Labute approximate surface area is 151 Å². The molecule has 1 saturated heterocycles. The van der Waals surface area contributed by atoms with E-state index < -0.39 is 18.2 Å². The Kier molecular flexibility index (Phi) is 5.91. The van der Waals surface area contributed by atoms with Crippen molar-refractivity contribution in [2.75, 3.05) is 0 Å². The fourth-order valence-corrected chi connectivity index (χ4v) is 5.07. The predicted octanol–water partition coefficient (Wildman–Crippen LogP) is 6.09. The Morgan fingerprint density at radius 3 is 2.05 bits per heavy atom. The fraction of sp³-hybridized carbons (Fsp3) is 1.00. The standard InChI is InChI=1S/C16H29Cl3O2Si/c1-15(2,3)22(4,5)21-14(16(17,18)19)13-12(20-13)11-9-7-6-8-10-11/h11-14H,6-10H2,1-5H3/t12-,13+,14+/m0/s1. The van der Waals surface area contributed by atoms with Crippen LogP contribution in [0.15, 0.2) is 0 Å². The van der Waals surface area contributed by atoms with Crippen molar-refractivity contribution in [3.05, 3.63) is 0 Å². The van der Waals surface area contributed by atoms with Gasteiger partial charge < -0.3 is 9.16 Å². The molecule has 0 unspecified atom stereocenters. The van der Waals surface area contributed by atoms with Crippen LogP contribution < -0.4 is 0 Å². The summed E-state index contributed by atoms with van der Waals surface area (Å²) >= 11 is 18.7. The molecule has 2 fully saturated rings. The number of epoxide rings is 1. The first-order valence-corrected chi connectivity index (χ1v) is 12.4. The summed E-state index contributed by atoms with van der Waals surface area (Å²) in [7, 11) is -2.01. The van der Waals surface area contributed by atoms with Gasteiger partial charge in [0.05, 0.1) is 6.10 Å². The van der Waals surface area contributed by atoms with Crippen molar-refractivity contribution >= 4 is 43.1 Å². The number of rotatable bonds is 4. The van der Waals surface area contributed by atoms with Crippen molar-refractivity contribution in [2.24, 2.45) is 5.92 Å². The summed E-state index contributed by atoms with van der Waals surface area (Å²) in [5.41, 5.74) is 0. The van der Waals surface area contributed by atoms with Crippen LogP contribution >= 0.6 is 34.8 Å². The number of alkyl halides is 3. The van der Waals surface area contributed by atoms with Crippen molar-refractivity contribution in [1.29, 1.82) is 0 Å².